The van der Waals surface area contributed by atoms with E-state index in [-0.39, 0.29) is 0 Å². The first kappa shape index (κ1) is 16.6. The van der Waals surface area contributed by atoms with Gasteiger partial charge in [0.1, 0.15) is 17.7 Å². The second-order valence-electron chi connectivity index (χ2n) is 6.21. The lowest BCUT2D eigenvalue weighted by Gasteiger charge is -2.32. The van der Waals surface area contributed by atoms with Crippen LogP contribution in [0.5, 0.6) is 0 Å². The van der Waals surface area contributed by atoms with Gasteiger partial charge in [-0.15, -0.1) is 0 Å². The lowest BCUT2D eigenvalue weighted by molar-refractivity contribution is -0.142. The number of carboxylic acid groups (broad SMARTS) is 1. The maximum absolute atomic E-state index is 14.4. The molecular weight excluding hydrogens is 312 g/mol. The number of hydrogen-bond acceptors (Lipinski definition) is 2. The quantitative estimate of drug-likeness (QED) is 0.923. The largest absolute Gasteiger partial charge is 0.480 e. The fraction of sp³-hybridized carbons (Fsp3) is 0.316. The number of rotatable bonds is 4. The normalized spacial score (nSPS) is 19.4. The van der Waals surface area contributed by atoms with Crippen molar-refractivity contribution in [1.82, 2.24) is 4.90 Å². The molecule has 2 aromatic rings. The molecule has 24 heavy (non-hydrogen) atoms. The maximum atomic E-state index is 14.4. The van der Waals surface area contributed by atoms with E-state index in [1.54, 1.807) is 4.90 Å². The van der Waals surface area contributed by atoms with Crippen LogP contribution in [0.25, 0.3) is 0 Å². The zero-order valence-electron chi connectivity index (χ0n) is 13.4. The number of hydrogen-bond donors (Lipinski definition) is 1. The Labute approximate surface area is 139 Å². The van der Waals surface area contributed by atoms with Crippen LogP contribution in [0.3, 0.4) is 0 Å². The third kappa shape index (κ3) is 3.17. The Balaban J connectivity index is 2.10. The van der Waals surface area contributed by atoms with Gasteiger partial charge in [-0.1, -0.05) is 35.9 Å². The fourth-order valence-electron chi connectivity index (χ4n) is 3.38. The van der Waals surface area contributed by atoms with Crippen LogP contribution in [0.2, 0.25) is 0 Å². The number of benzene rings is 2. The van der Waals surface area contributed by atoms with Crippen LogP contribution in [-0.2, 0) is 4.79 Å². The second-order valence-corrected chi connectivity index (χ2v) is 6.21. The molecule has 126 valence electrons. The first-order valence-electron chi connectivity index (χ1n) is 7.97. The monoisotopic (exact) mass is 331 g/mol. The summed E-state index contributed by atoms with van der Waals surface area (Å²) in [6.07, 6.45) is 1.27. The number of carboxylic acids is 1. The molecule has 3 nitrogen and oxygen atoms in total. The Morgan fingerprint density at radius 1 is 1.21 bits per heavy atom. The Hall–Kier alpha value is -2.27. The van der Waals surface area contributed by atoms with Gasteiger partial charge in [0.2, 0.25) is 0 Å². The van der Waals surface area contributed by atoms with Crippen molar-refractivity contribution in [1.29, 1.82) is 0 Å². The van der Waals surface area contributed by atoms with Gasteiger partial charge in [0.15, 0.2) is 0 Å². The van der Waals surface area contributed by atoms with E-state index in [1.807, 2.05) is 31.2 Å². The highest BCUT2D eigenvalue weighted by molar-refractivity contribution is 5.74. The molecule has 0 saturated carbocycles. The molecule has 0 bridgehead atoms. The van der Waals surface area contributed by atoms with Crippen molar-refractivity contribution < 1.29 is 18.7 Å². The van der Waals surface area contributed by atoms with Crippen molar-refractivity contribution in [3.05, 3.63) is 70.8 Å². The third-order valence-corrected chi connectivity index (χ3v) is 4.56. The van der Waals surface area contributed by atoms with Crippen LogP contribution in [0.1, 0.15) is 35.6 Å². The third-order valence-electron chi connectivity index (χ3n) is 4.56. The van der Waals surface area contributed by atoms with Crippen molar-refractivity contribution in [3.8, 4) is 0 Å². The molecule has 0 amide bonds. The van der Waals surface area contributed by atoms with Gasteiger partial charge in [-0.3, -0.25) is 9.69 Å². The van der Waals surface area contributed by atoms with Gasteiger partial charge in [0.05, 0.1) is 6.04 Å². The van der Waals surface area contributed by atoms with Crippen molar-refractivity contribution in [3.63, 3.8) is 0 Å². The first-order valence-corrected chi connectivity index (χ1v) is 7.97. The van der Waals surface area contributed by atoms with Crippen molar-refractivity contribution in [2.24, 2.45) is 0 Å². The molecule has 1 saturated heterocycles. The van der Waals surface area contributed by atoms with Crippen LogP contribution in [-0.4, -0.2) is 28.6 Å². The molecule has 1 aliphatic rings. The molecule has 1 aliphatic heterocycles. The maximum Gasteiger partial charge on any atom is 0.320 e. The van der Waals surface area contributed by atoms with Crippen LogP contribution in [0.4, 0.5) is 8.78 Å². The molecule has 0 aliphatic carbocycles. The number of likely N-dealkylation sites (tertiary alicyclic amines) is 1. The zero-order chi connectivity index (χ0) is 17.3. The minimum atomic E-state index is -0.910. The highest BCUT2D eigenvalue weighted by atomic mass is 19.1. The van der Waals surface area contributed by atoms with E-state index in [0.717, 1.165) is 23.6 Å². The summed E-state index contributed by atoms with van der Waals surface area (Å²) in [4.78, 5) is 13.4. The highest BCUT2D eigenvalue weighted by Gasteiger charge is 2.37. The van der Waals surface area contributed by atoms with E-state index in [4.69, 9.17) is 0 Å². The van der Waals surface area contributed by atoms with E-state index in [2.05, 4.69) is 0 Å². The average Bonchev–Trinajstić information content (AvgIpc) is 3.01. The van der Waals surface area contributed by atoms with E-state index < -0.39 is 29.7 Å². The van der Waals surface area contributed by atoms with Gasteiger partial charge in [-0.25, -0.2) is 8.78 Å². The van der Waals surface area contributed by atoms with Crippen LogP contribution >= 0.6 is 0 Å². The average molecular weight is 331 g/mol. The number of nitrogens with zero attached hydrogens (tertiary/aromatic N) is 1. The smallest absolute Gasteiger partial charge is 0.320 e. The van der Waals surface area contributed by atoms with Gasteiger partial charge in [-0.2, -0.15) is 0 Å². The van der Waals surface area contributed by atoms with Crippen LogP contribution in [0, 0.1) is 18.6 Å². The second kappa shape index (κ2) is 6.69. The lowest BCUT2D eigenvalue weighted by Crippen LogP contribution is -2.39. The SMILES string of the molecule is Cc1ccc(C(c2ccc(F)cc2F)N2CCCC2C(=O)O)cc1. The Bertz CT molecular complexity index is 746. The number of aryl methyl sites for hydroxylation is 1. The van der Waals surface area contributed by atoms with E-state index in [1.165, 1.54) is 12.1 Å². The fourth-order valence-corrected chi connectivity index (χ4v) is 3.38. The van der Waals surface area contributed by atoms with Gasteiger partial charge in [0.25, 0.3) is 0 Å². The van der Waals surface area contributed by atoms with E-state index in [9.17, 15) is 18.7 Å². The molecule has 2 unspecified atom stereocenters. The minimum absolute atomic E-state index is 0.299. The number of aliphatic carboxylic acids is 1. The minimum Gasteiger partial charge on any atom is -0.480 e. The number of carbonyl (C=O) groups is 1. The molecule has 1 N–H and O–H groups in total. The Morgan fingerprint density at radius 3 is 2.54 bits per heavy atom. The van der Waals surface area contributed by atoms with Gasteiger partial charge in [-0.05, 0) is 31.4 Å². The summed E-state index contributed by atoms with van der Waals surface area (Å²) in [7, 11) is 0. The van der Waals surface area contributed by atoms with Gasteiger partial charge >= 0.3 is 5.97 Å². The topological polar surface area (TPSA) is 40.5 Å². The zero-order valence-corrected chi connectivity index (χ0v) is 13.4. The van der Waals surface area contributed by atoms with Crippen LogP contribution in [0.15, 0.2) is 42.5 Å². The molecule has 5 heteroatoms. The molecule has 2 aromatic carbocycles. The van der Waals surface area contributed by atoms with Gasteiger partial charge in [0, 0.05) is 18.2 Å². The Morgan fingerprint density at radius 2 is 1.92 bits per heavy atom. The summed E-state index contributed by atoms with van der Waals surface area (Å²) in [6, 6.07) is 9.83. The highest BCUT2D eigenvalue weighted by Crippen LogP contribution is 2.36. The summed E-state index contributed by atoms with van der Waals surface area (Å²) in [5, 5.41) is 9.49. The van der Waals surface area contributed by atoms with Crippen molar-refractivity contribution >= 4 is 5.97 Å². The lowest BCUT2D eigenvalue weighted by atomic mass is 9.95. The summed E-state index contributed by atoms with van der Waals surface area (Å²) >= 11 is 0. The molecule has 2 atom stereocenters. The van der Waals surface area contributed by atoms with Crippen LogP contribution < -0.4 is 0 Å². The van der Waals surface area contributed by atoms with Gasteiger partial charge < -0.3 is 5.11 Å². The molecule has 0 spiro atoms. The molecule has 0 aromatic heterocycles. The molecule has 1 heterocycles. The summed E-state index contributed by atoms with van der Waals surface area (Å²) in [5.74, 6) is -2.21. The predicted molar refractivity (Wildman–Crippen MR) is 86.7 cm³/mol. The van der Waals surface area contributed by atoms with E-state index in [0.29, 0.717) is 18.5 Å². The molecule has 0 radical (unpaired) electrons. The summed E-state index contributed by atoms with van der Waals surface area (Å²) < 4.78 is 27.7. The number of halogens is 2. The summed E-state index contributed by atoms with van der Waals surface area (Å²) in [6.45, 7) is 2.51. The first-order chi connectivity index (χ1) is 11.5. The molecular formula is C19H19F2NO2. The predicted octanol–water partition coefficient (Wildman–Crippen LogP) is 3.91. The van der Waals surface area contributed by atoms with Crippen molar-refractivity contribution in [2.45, 2.75) is 31.8 Å². The van der Waals surface area contributed by atoms with Crippen molar-refractivity contribution in [2.75, 3.05) is 6.54 Å². The van der Waals surface area contributed by atoms with E-state index >= 15 is 0 Å². The standard InChI is InChI=1S/C19H19F2NO2/c1-12-4-6-13(7-5-12)18(15-9-8-14(20)11-16(15)21)22-10-2-3-17(22)19(23)24/h4-9,11,17-18H,2-3,10H2,1H3,(H,23,24). The Kier molecular flexibility index (Phi) is 4.62. The summed E-state index contributed by atoms with van der Waals surface area (Å²) in [5.41, 5.74) is 2.17. The molecule has 1 fully saturated rings. The molecule has 3 rings (SSSR count).